The summed E-state index contributed by atoms with van der Waals surface area (Å²) in [5.41, 5.74) is 2.60. The average molecular weight is 436 g/mol. The predicted octanol–water partition coefficient (Wildman–Crippen LogP) is 2.11. The molecule has 2 atom stereocenters. The number of amides is 1. The number of hydrogen-bond donors (Lipinski definition) is 1. The molecular weight excluding hydrogens is 406 g/mol. The Morgan fingerprint density at radius 1 is 1.06 bits per heavy atom. The molecule has 2 aromatic carbocycles. The first kappa shape index (κ1) is 22.1. The summed E-state index contributed by atoms with van der Waals surface area (Å²) in [4.78, 5) is 27.1. The number of nitrogens with zero attached hydrogens (tertiary/aromatic N) is 4. The van der Waals surface area contributed by atoms with E-state index in [0.717, 1.165) is 25.2 Å². The van der Waals surface area contributed by atoms with E-state index in [4.69, 9.17) is 4.74 Å². The van der Waals surface area contributed by atoms with Crippen LogP contribution < -0.4 is 10.9 Å². The number of aromatic nitrogens is 3. The third-order valence-corrected chi connectivity index (χ3v) is 5.59. The Bertz CT molecular complexity index is 1120. The van der Waals surface area contributed by atoms with Crippen LogP contribution in [0.2, 0.25) is 0 Å². The summed E-state index contributed by atoms with van der Waals surface area (Å²) in [7, 11) is 0. The molecule has 0 bridgehead atoms. The van der Waals surface area contributed by atoms with E-state index in [0.29, 0.717) is 17.4 Å². The summed E-state index contributed by atoms with van der Waals surface area (Å²) >= 11 is 0. The van der Waals surface area contributed by atoms with Crippen molar-refractivity contribution in [3.63, 3.8) is 0 Å². The minimum atomic E-state index is -0.233. The highest BCUT2D eigenvalue weighted by Gasteiger charge is 2.21. The number of carbonyl (C=O) groups is 1. The van der Waals surface area contributed by atoms with Crippen molar-refractivity contribution in [2.75, 3.05) is 13.1 Å². The van der Waals surface area contributed by atoms with E-state index in [2.05, 4.69) is 46.5 Å². The van der Waals surface area contributed by atoms with E-state index < -0.39 is 0 Å². The van der Waals surface area contributed by atoms with Crippen molar-refractivity contribution in [3.8, 4) is 0 Å². The standard InChI is InChI=1S/C24H29N5O3/c1-17-14-28(15-18(2)32-17)16-20-9-7-19(8-10-20)13-25-23(30)11-12-29-24(31)21-5-3-4-6-22(21)26-27-29/h3-10,17-18H,11-16H2,1-2H3,(H,25,30). The lowest BCUT2D eigenvalue weighted by Crippen LogP contribution is -2.44. The second-order valence-corrected chi connectivity index (χ2v) is 8.43. The van der Waals surface area contributed by atoms with E-state index in [-0.39, 0.29) is 36.6 Å². The molecule has 4 rings (SSSR count). The van der Waals surface area contributed by atoms with Crippen LogP contribution in [0.1, 0.15) is 31.4 Å². The van der Waals surface area contributed by atoms with Gasteiger partial charge in [0.2, 0.25) is 5.91 Å². The number of nitrogens with one attached hydrogen (secondary N) is 1. The molecule has 3 aromatic rings. The summed E-state index contributed by atoms with van der Waals surface area (Å²) in [6.07, 6.45) is 0.674. The van der Waals surface area contributed by atoms with Crippen LogP contribution in [0.15, 0.2) is 53.3 Å². The quantitative estimate of drug-likeness (QED) is 0.611. The van der Waals surface area contributed by atoms with Gasteiger partial charge in [-0.15, -0.1) is 5.10 Å². The number of hydrogen-bond acceptors (Lipinski definition) is 6. The fraction of sp³-hybridized carbons (Fsp3) is 0.417. The van der Waals surface area contributed by atoms with E-state index >= 15 is 0 Å². The third kappa shape index (κ3) is 5.57. The molecule has 1 aliphatic rings. The summed E-state index contributed by atoms with van der Waals surface area (Å²) in [6, 6.07) is 15.4. The minimum absolute atomic E-state index is 0.132. The Labute approximate surface area is 187 Å². The van der Waals surface area contributed by atoms with Crippen molar-refractivity contribution in [2.45, 2.75) is 52.1 Å². The van der Waals surface area contributed by atoms with Gasteiger partial charge in [-0.1, -0.05) is 41.6 Å². The van der Waals surface area contributed by atoms with Gasteiger partial charge >= 0.3 is 0 Å². The molecule has 1 N–H and O–H groups in total. The van der Waals surface area contributed by atoms with Gasteiger partial charge in [-0.25, -0.2) is 4.68 Å². The number of benzene rings is 2. The van der Waals surface area contributed by atoms with Crippen LogP contribution in [0.25, 0.3) is 10.9 Å². The van der Waals surface area contributed by atoms with Crippen molar-refractivity contribution >= 4 is 16.8 Å². The summed E-state index contributed by atoms with van der Waals surface area (Å²) in [5, 5.41) is 11.4. The van der Waals surface area contributed by atoms with E-state index in [9.17, 15) is 9.59 Å². The lowest BCUT2D eigenvalue weighted by atomic mass is 10.1. The number of ether oxygens (including phenoxy) is 1. The second-order valence-electron chi connectivity index (χ2n) is 8.43. The lowest BCUT2D eigenvalue weighted by molar-refractivity contribution is -0.121. The molecule has 32 heavy (non-hydrogen) atoms. The SMILES string of the molecule is CC1CN(Cc2ccc(CNC(=O)CCn3nnc4ccccc4c3=O)cc2)CC(C)O1. The maximum atomic E-state index is 12.4. The highest BCUT2D eigenvalue weighted by molar-refractivity contribution is 5.77. The molecular formula is C24H29N5O3. The Morgan fingerprint density at radius 2 is 1.75 bits per heavy atom. The van der Waals surface area contributed by atoms with Crippen LogP contribution in [0.3, 0.4) is 0 Å². The molecule has 8 nitrogen and oxygen atoms in total. The maximum Gasteiger partial charge on any atom is 0.277 e. The monoisotopic (exact) mass is 435 g/mol. The van der Waals surface area contributed by atoms with Crippen LogP contribution in [0, 0.1) is 0 Å². The van der Waals surface area contributed by atoms with Gasteiger partial charge in [0.05, 0.1) is 24.1 Å². The Kier molecular flexibility index (Phi) is 6.92. The Hall–Kier alpha value is -3.10. The molecule has 1 fully saturated rings. The third-order valence-electron chi connectivity index (χ3n) is 5.59. The van der Waals surface area contributed by atoms with Crippen molar-refractivity contribution in [3.05, 3.63) is 70.0 Å². The van der Waals surface area contributed by atoms with Crippen LogP contribution in [0.5, 0.6) is 0 Å². The van der Waals surface area contributed by atoms with Gasteiger partial charge in [0, 0.05) is 32.6 Å². The fourth-order valence-electron chi connectivity index (χ4n) is 4.10. The van der Waals surface area contributed by atoms with Gasteiger partial charge in [0.15, 0.2) is 0 Å². The van der Waals surface area contributed by atoms with E-state index in [1.807, 2.05) is 18.2 Å². The van der Waals surface area contributed by atoms with Gasteiger partial charge in [-0.2, -0.15) is 0 Å². The van der Waals surface area contributed by atoms with Gasteiger partial charge in [0.1, 0.15) is 5.52 Å². The van der Waals surface area contributed by atoms with Gasteiger partial charge < -0.3 is 10.1 Å². The molecule has 8 heteroatoms. The zero-order valence-corrected chi connectivity index (χ0v) is 18.5. The molecule has 1 aromatic heterocycles. The molecule has 1 amide bonds. The first-order valence-electron chi connectivity index (χ1n) is 11.0. The average Bonchev–Trinajstić information content (AvgIpc) is 2.78. The summed E-state index contributed by atoms with van der Waals surface area (Å²) < 4.78 is 7.03. The van der Waals surface area contributed by atoms with E-state index in [1.165, 1.54) is 10.2 Å². The highest BCUT2D eigenvalue weighted by atomic mass is 16.5. The summed E-state index contributed by atoms with van der Waals surface area (Å²) in [6.45, 7) is 7.63. The molecule has 168 valence electrons. The highest BCUT2D eigenvalue weighted by Crippen LogP contribution is 2.15. The van der Waals surface area contributed by atoms with E-state index in [1.54, 1.807) is 18.2 Å². The Morgan fingerprint density at radius 3 is 2.50 bits per heavy atom. The summed E-state index contributed by atoms with van der Waals surface area (Å²) in [5.74, 6) is -0.132. The number of carbonyl (C=O) groups excluding carboxylic acids is 1. The van der Waals surface area contributed by atoms with Gasteiger partial charge in [-0.05, 0) is 37.1 Å². The number of fused-ring (bicyclic) bond motifs is 1. The molecule has 0 aliphatic carbocycles. The number of aryl methyl sites for hydroxylation is 1. The van der Waals surface area contributed by atoms with Crippen LogP contribution in [-0.4, -0.2) is 51.1 Å². The first-order valence-corrected chi connectivity index (χ1v) is 11.0. The number of rotatable bonds is 7. The predicted molar refractivity (Wildman–Crippen MR) is 122 cm³/mol. The molecule has 1 saturated heterocycles. The lowest BCUT2D eigenvalue weighted by Gasteiger charge is -2.35. The molecule has 2 unspecified atom stereocenters. The van der Waals surface area contributed by atoms with Crippen LogP contribution >= 0.6 is 0 Å². The molecule has 0 spiro atoms. The van der Waals surface area contributed by atoms with Crippen LogP contribution in [-0.2, 0) is 29.2 Å². The van der Waals surface area contributed by atoms with Gasteiger partial charge in [0.25, 0.3) is 5.56 Å². The first-order chi connectivity index (χ1) is 15.5. The maximum absolute atomic E-state index is 12.4. The zero-order valence-electron chi connectivity index (χ0n) is 18.5. The van der Waals surface area contributed by atoms with Crippen LogP contribution in [0.4, 0.5) is 0 Å². The molecule has 1 aliphatic heterocycles. The number of morpholine rings is 1. The normalized spacial score (nSPS) is 19.2. The molecule has 0 radical (unpaired) electrons. The van der Waals surface area contributed by atoms with Gasteiger partial charge in [-0.3, -0.25) is 14.5 Å². The second kappa shape index (κ2) is 10.0. The van der Waals surface area contributed by atoms with Crippen molar-refractivity contribution in [1.29, 1.82) is 0 Å². The Balaban J connectivity index is 1.25. The molecule has 0 saturated carbocycles. The topological polar surface area (TPSA) is 89.4 Å². The minimum Gasteiger partial charge on any atom is -0.373 e. The smallest absolute Gasteiger partial charge is 0.277 e. The molecule has 2 heterocycles. The zero-order chi connectivity index (χ0) is 22.5. The largest absolute Gasteiger partial charge is 0.373 e. The van der Waals surface area contributed by atoms with Crippen molar-refractivity contribution in [2.24, 2.45) is 0 Å². The van der Waals surface area contributed by atoms with Crippen molar-refractivity contribution < 1.29 is 9.53 Å². The van der Waals surface area contributed by atoms with Crippen molar-refractivity contribution in [1.82, 2.24) is 25.2 Å². The fourth-order valence-corrected chi connectivity index (χ4v) is 4.10.